The predicted octanol–water partition coefficient (Wildman–Crippen LogP) is 0.354. The van der Waals surface area contributed by atoms with Gasteiger partial charge in [-0.25, -0.2) is 13.1 Å². The summed E-state index contributed by atoms with van der Waals surface area (Å²) in [4.78, 5) is 0.147. The van der Waals surface area contributed by atoms with Crippen LogP contribution in [0.4, 0.5) is 0 Å². The molecule has 6 heteroatoms. The van der Waals surface area contributed by atoms with Crippen LogP contribution in [-0.2, 0) is 10.0 Å². The molecule has 1 aromatic carbocycles. The lowest BCUT2D eigenvalue weighted by Gasteiger charge is -2.08. The fourth-order valence-electron chi connectivity index (χ4n) is 1.07. The number of rotatable bonds is 5. The Morgan fingerprint density at radius 2 is 1.94 bits per heavy atom. The summed E-state index contributed by atoms with van der Waals surface area (Å²) in [6, 6.07) is 6.03. The Morgan fingerprint density at radius 3 is 2.38 bits per heavy atom. The number of hydrogen-bond acceptors (Lipinski definition) is 4. The van der Waals surface area contributed by atoms with Crippen LogP contribution in [-0.4, -0.2) is 33.3 Å². The average Bonchev–Trinajstić information content (AvgIpc) is 2.27. The van der Waals surface area contributed by atoms with Crippen molar-refractivity contribution in [1.82, 2.24) is 4.72 Å². The first-order valence-corrected chi connectivity index (χ1v) is 6.26. The van der Waals surface area contributed by atoms with Crippen LogP contribution < -0.4 is 9.46 Å². The minimum atomic E-state index is -3.55. The van der Waals surface area contributed by atoms with Gasteiger partial charge in [-0.15, -0.1) is 0 Å². The number of aliphatic hydroxyl groups is 1. The maximum Gasteiger partial charge on any atom is 0.240 e. The Labute approximate surface area is 95.1 Å². The van der Waals surface area contributed by atoms with E-state index >= 15 is 0 Å². The smallest absolute Gasteiger partial charge is 0.240 e. The van der Waals surface area contributed by atoms with Gasteiger partial charge in [-0.2, -0.15) is 0 Å². The van der Waals surface area contributed by atoms with Crippen molar-refractivity contribution < 1.29 is 18.3 Å². The highest BCUT2D eigenvalue weighted by Crippen LogP contribution is 2.15. The Bertz CT molecular complexity index is 425. The normalized spacial score (nSPS) is 13.4. The van der Waals surface area contributed by atoms with Gasteiger partial charge in [0.05, 0.1) is 18.1 Å². The van der Waals surface area contributed by atoms with Gasteiger partial charge >= 0.3 is 0 Å². The Morgan fingerprint density at radius 1 is 1.38 bits per heavy atom. The highest BCUT2D eigenvalue weighted by molar-refractivity contribution is 7.89. The van der Waals surface area contributed by atoms with E-state index in [4.69, 9.17) is 9.84 Å². The van der Waals surface area contributed by atoms with Crippen LogP contribution in [0, 0.1) is 0 Å². The second-order valence-electron chi connectivity index (χ2n) is 3.38. The van der Waals surface area contributed by atoms with Crippen molar-refractivity contribution in [2.24, 2.45) is 0 Å². The van der Waals surface area contributed by atoms with Gasteiger partial charge in [-0.05, 0) is 31.2 Å². The Balaban J connectivity index is 2.82. The van der Waals surface area contributed by atoms with Crippen LogP contribution in [0.3, 0.4) is 0 Å². The van der Waals surface area contributed by atoms with Crippen molar-refractivity contribution >= 4 is 10.0 Å². The Hall–Kier alpha value is -1.11. The number of methoxy groups -OCH3 is 1. The molecule has 0 saturated carbocycles. The fourth-order valence-corrected chi connectivity index (χ4v) is 2.19. The van der Waals surface area contributed by atoms with Gasteiger partial charge in [-0.1, -0.05) is 0 Å². The Kier molecular flexibility index (Phi) is 4.28. The van der Waals surface area contributed by atoms with Crippen molar-refractivity contribution in [2.75, 3.05) is 13.7 Å². The third kappa shape index (κ3) is 3.48. The number of ether oxygens (including phenoxy) is 1. The topological polar surface area (TPSA) is 75.6 Å². The molecule has 2 N–H and O–H groups in total. The van der Waals surface area contributed by atoms with Gasteiger partial charge < -0.3 is 9.84 Å². The molecule has 1 atom stereocenters. The molecule has 90 valence electrons. The maximum atomic E-state index is 11.7. The minimum absolute atomic E-state index is 0.00559. The lowest BCUT2D eigenvalue weighted by Crippen LogP contribution is -2.30. The molecule has 0 aliphatic rings. The molecule has 0 radical (unpaired) electrons. The largest absolute Gasteiger partial charge is 0.497 e. The van der Waals surface area contributed by atoms with Crippen molar-refractivity contribution in [1.29, 1.82) is 0 Å². The zero-order chi connectivity index (χ0) is 12.2. The van der Waals surface area contributed by atoms with Crippen LogP contribution in [0.1, 0.15) is 6.92 Å². The van der Waals surface area contributed by atoms with E-state index in [0.717, 1.165) is 0 Å². The number of sulfonamides is 1. The molecule has 0 bridgehead atoms. The molecule has 5 nitrogen and oxygen atoms in total. The second kappa shape index (κ2) is 5.29. The quantitative estimate of drug-likeness (QED) is 0.785. The second-order valence-corrected chi connectivity index (χ2v) is 5.14. The molecule has 0 fully saturated rings. The van der Waals surface area contributed by atoms with Gasteiger partial charge in [0.2, 0.25) is 10.0 Å². The fraction of sp³-hybridized carbons (Fsp3) is 0.400. The molecule has 0 spiro atoms. The first-order valence-electron chi connectivity index (χ1n) is 4.77. The van der Waals surface area contributed by atoms with E-state index in [2.05, 4.69) is 4.72 Å². The van der Waals surface area contributed by atoms with Gasteiger partial charge in [0.1, 0.15) is 5.75 Å². The molecule has 0 unspecified atom stereocenters. The van der Waals surface area contributed by atoms with Crippen molar-refractivity contribution in [3.05, 3.63) is 24.3 Å². The average molecular weight is 245 g/mol. The summed E-state index contributed by atoms with van der Waals surface area (Å²) in [6.07, 6.45) is -0.715. The molecule has 0 heterocycles. The zero-order valence-electron chi connectivity index (χ0n) is 9.17. The van der Waals surface area contributed by atoms with E-state index in [0.29, 0.717) is 5.75 Å². The third-order valence-electron chi connectivity index (χ3n) is 1.94. The van der Waals surface area contributed by atoms with Crippen molar-refractivity contribution in [3.8, 4) is 5.75 Å². The molecule has 0 aliphatic carbocycles. The van der Waals surface area contributed by atoms with E-state index in [1.54, 1.807) is 12.1 Å². The summed E-state index contributed by atoms with van der Waals surface area (Å²) in [5.41, 5.74) is 0. The van der Waals surface area contributed by atoms with Crippen LogP contribution in [0.15, 0.2) is 29.2 Å². The summed E-state index contributed by atoms with van der Waals surface area (Å²) in [5, 5.41) is 9.00. The molecule has 16 heavy (non-hydrogen) atoms. The molecular weight excluding hydrogens is 230 g/mol. The standard InChI is InChI=1S/C10H15NO4S/c1-8(12)7-11-16(13,14)10-5-3-9(15-2)4-6-10/h3-6,8,11-12H,7H2,1-2H3/t8-/m0/s1. The molecule has 1 rings (SSSR count). The zero-order valence-corrected chi connectivity index (χ0v) is 9.99. The predicted molar refractivity (Wildman–Crippen MR) is 59.9 cm³/mol. The number of aliphatic hydroxyl groups excluding tert-OH is 1. The first-order chi connectivity index (χ1) is 7.45. The van der Waals surface area contributed by atoms with E-state index in [-0.39, 0.29) is 11.4 Å². The van der Waals surface area contributed by atoms with Crippen LogP contribution in [0.25, 0.3) is 0 Å². The minimum Gasteiger partial charge on any atom is -0.497 e. The van der Waals surface area contributed by atoms with Crippen molar-refractivity contribution in [2.45, 2.75) is 17.9 Å². The lowest BCUT2D eigenvalue weighted by atomic mass is 10.3. The van der Waals surface area contributed by atoms with Crippen LogP contribution in [0.5, 0.6) is 5.75 Å². The van der Waals surface area contributed by atoms with E-state index in [9.17, 15) is 8.42 Å². The molecular formula is C10H15NO4S. The van der Waals surface area contributed by atoms with Gasteiger partial charge in [0.15, 0.2) is 0 Å². The first kappa shape index (κ1) is 13.0. The summed E-state index contributed by atoms with van der Waals surface area (Å²) in [7, 11) is -2.04. The van der Waals surface area contributed by atoms with Crippen LogP contribution in [0.2, 0.25) is 0 Å². The van der Waals surface area contributed by atoms with Gasteiger partial charge in [0, 0.05) is 6.54 Å². The summed E-state index contributed by atoms with van der Waals surface area (Å²) < 4.78 is 30.6. The summed E-state index contributed by atoms with van der Waals surface area (Å²) >= 11 is 0. The summed E-state index contributed by atoms with van der Waals surface area (Å²) in [6.45, 7) is 1.50. The van der Waals surface area contributed by atoms with E-state index in [1.165, 1.54) is 26.2 Å². The molecule has 0 saturated heterocycles. The third-order valence-corrected chi connectivity index (χ3v) is 3.38. The molecule has 0 aromatic heterocycles. The van der Waals surface area contributed by atoms with E-state index < -0.39 is 16.1 Å². The number of benzene rings is 1. The SMILES string of the molecule is COc1ccc(S(=O)(=O)NC[C@H](C)O)cc1. The highest BCUT2D eigenvalue weighted by Gasteiger charge is 2.14. The van der Waals surface area contributed by atoms with Crippen molar-refractivity contribution in [3.63, 3.8) is 0 Å². The molecule has 0 amide bonds. The molecule has 0 aliphatic heterocycles. The summed E-state index contributed by atoms with van der Waals surface area (Å²) in [5.74, 6) is 0.592. The lowest BCUT2D eigenvalue weighted by molar-refractivity contribution is 0.198. The monoisotopic (exact) mass is 245 g/mol. The van der Waals surface area contributed by atoms with Gasteiger partial charge in [0.25, 0.3) is 0 Å². The highest BCUT2D eigenvalue weighted by atomic mass is 32.2. The van der Waals surface area contributed by atoms with Gasteiger partial charge in [-0.3, -0.25) is 0 Å². The maximum absolute atomic E-state index is 11.7. The van der Waals surface area contributed by atoms with Crippen LogP contribution >= 0.6 is 0 Å². The number of hydrogen-bond donors (Lipinski definition) is 2. The van der Waals surface area contributed by atoms with E-state index in [1.807, 2.05) is 0 Å². The number of nitrogens with one attached hydrogen (secondary N) is 1. The molecule has 1 aromatic rings.